The molecule has 0 aliphatic rings. The van der Waals surface area contributed by atoms with Crippen LogP contribution in [-0.2, 0) is 6.42 Å². The third kappa shape index (κ3) is 4.48. The molecule has 0 saturated heterocycles. The zero-order valence-electron chi connectivity index (χ0n) is 11.6. The average molecular weight is 304 g/mol. The van der Waals surface area contributed by atoms with Gasteiger partial charge < -0.3 is 10.7 Å². The lowest BCUT2D eigenvalue weighted by atomic mass is 10.1. The number of rotatable bonds is 6. The van der Waals surface area contributed by atoms with Crippen molar-refractivity contribution in [2.75, 3.05) is 12.0 Å². The Kier molecular flexibility index (Phi) is 5.60. The summed E-state index contributed by atoms with van der Waals surface area (Å²) in [6.45, 7) is 0.601. The second-order valence-electron chi connectivity index (χ2n) is 4.68. The summed E-state index contributed by atoms with van der Waals surface area (Å²) in [6.07, 6.45) is 1.81. The summed E-state index contributed by atoms with van der Waals surface area (Å²) in [7, 11) is 0. The summed E-state index contributed by atoms with van der Waals surface area (Å²) in [5.41, 5.74) is 4.77. The molecule has 2 aromatic rings. The molecular formula is C16H18ClN3O. The Balaban J connectivity index is 1.86. The Bertz CT molecular complexity index is 602. The van der Waals surface area contributed by atoms with Crippen molar-refractivity contribution in [3.05, 3.63) is 64.7 Å². The fraction of sp³-hybridized carbons (Fsp3) is 0.188. The molecule has 0 fully saturated rings. The average Bonchev–Trinajstić information content (AvgIpc) is 2.52. The molecule has 2 aromatic carbocycles. The van der Waals surface area contributed by atoms with E-state index in [0.29, 0.717) is 22.8 Å². The molecule has 1 amide bonds. The Morgan fingerprint density at radius 3 is 2.62 bits per heavy atom. The first-order chi connectivity index (χ1) is 10.2. The highest BCUT2D eigenvalue weighted by Crippen LogP contribution is 2.19. The van der Waals surface area contributed by atoms with Crippen LogP contribution >= 0.6 is 11.6 Å². The lowest BCUT2D eigenvalue weighted by molar-refractivity contribution is 0.0954. The van der Waals surface area contributed by atoms with E-state index < -0.39 is 0 Å². The van der Waals surface area contributed by atoms with Gasteiger partial charge in [-0.1, -0.05) is 41.9 Å². The molecule has 0 saturated carbocycles. The molecule has 0 aromatic heterocycles. The number of anilines is 1. The van der Waals surface area contributed by atoms with E-state index in [1.165, 1.54) is 5.56 Å². The third-order valence-corrected chi connectivity index (χ3v) is 3.39. The van der Waals surface area contributed by atoms with Crippen molar-refractivity contribution in [3.8, 4) is 0 Å². The molecule has 21 heavy (non-hydrogen) atoms. The number of hydrogen-bond donors (Lipinski definition) is 3. The maximum atomic E-state index is 12.1. The Labute approximate surface area is 129 Å². The number of halogens is 1. The van der Waals surface area contributed by atoms with Crippen molar-refractivity contribution >= 4 is 23.2 Å². The second-order valence-corrected chi connectivity index (χ2v) is 5.12. The van der Waals surface area contributed by atoms with Gasteiger partial charge in [-0.25, -0.2) is 0 Å². The molecule has 0 heterocycles. The lowest BCUT2D eigenvalue weighted by Gasteiger charge is -2.10. The molecule has 0 bridgehead atoms. The quantitative estimate of drug-likeness (QED) is 0.436. The topological polar surface area (TPSA) is 67.1 Å². The Hall–Kier alpha value is -2.04. The van der Waals surface area contributed by atoms with E-state index >= 15 is 0 Å². The summed E-state index contributed by atoms with van der Waals surface area (Å²) in [5, 5.41) is 3.38. The van der Waals surface area contributed by atoms with Gasteiger partial charge in [-0.2, -0.15) is 0 Å². The molecule has 0 aliphatic heterocycles. The second kappa shape index (κ2) is 7.67. The number of benzene rings is 2. The SMILES string of the molecule is NNc1ccc(Cl)cc1C(=O)NCCCc1ccccc1. The first kappa shape index (κ1) is 15.4. The van der Waals surface area contributed by atoms with E-state index in [9.17, 15) is 4.79 Å². The largest absolute Gasteiger partial charge is 0.352 e. The number of hydrogen-bond acceptors (Lipinski definition) is 3. The standard InChI is InChI=1S/C16H18ClN3O/c17-13-8-9-15(20-18)14(11-13)16(21)19-10-4-7-12-5-2-1-3-6-12/h1-3,5-6,8-9,11,20H,4,7,10,18H2,(H,19,21). The van der Waals surface area contributed by atoms with Gasteiger partial charge in [0.25, 0.3) is 5.91 Å². The number of hydrazine groups is 1. The molecule has 110 valence electrons. The number of nitrogens with two attached hydrogens (primary N) is 1. The van der Waals surface area contributed by atoms with Gasteiger partial charge in [-0.05, 0) is 36.6 Å². The van der Waals surface area contributed by atoms with Gasteiger partial charge in [0.15, 0.2) is 0 Å². The molecule has 5 heteroatoms. The van der Waals surface area contributed by atoms with Crippen molar-refractivity contribution in [1.82, 2.24) is 5.32 Å². The van der Waals surface area contributed by atoms with Gasteiger partial charge in [0, 0.05) is 11.6 Å². The molecule has 0 spiro atoms. The molecule has 0 unspecified atom stereocenters. The van der Waals surface area contributed by atoms with E-state index in [-0.39, 0.29) is 5.91 Å². The third-order valence-electron chi connectivity index (χ3n) is 3.15. The number of amides is 1. The highest BCUT2D eigenvalue weighted by Gasteiger charge is 2.10. The molecular weight excluding hydrogens is 286 g/mol. The number of nitrogens with one attached hydrogen (secondary N) is 2. The van der Waals surface area contributed by atoms with Gasteiger partial charge in [-0.15, -0.1) is 0 Å². The number of nitrogen functional groups attached to an aromatic ring is 1. The summed E-state index contributed by atoms with van der Waals surface area (Å²) in [5.74, 6) is 5.21. The minimum absolute atomic E-state index is 0.182. The van der Waals surface area contributed by atoms with Crippen LogP contribution in [0.4, 0.5) is 5.69 Å². The van der Waals surface area contributed by atoms with E-state index in [1.807, 2.05) is 18.2 Å². The zero-order chi connectivity index (χ0) is 15.1. The summed E-state index contributed by atoms with van der Waals surface area (Å²) in [4.78, 5) is 12.1. The summed E-state index contributed by atoms with van der Waals surface area (Å²) >= 11 is 5.91. The van der Waals surface area contributed by atoms with Gasteiger partial charge >= 0.3 is 0 Å². The van der Waals surface area contributed by atoms with E-state index in [4.69, 9.17) is 17.4 Å². The smallest absolute Gasteiger partial charge is 0.253 e. The van der Waals surface area contributed by atoms with Crippen LogP contribution in [0.25, 0.3) is 0 Å². The first-order valence-corrected chi connectivity index (χ1v) is 7.17. The van der Waals surface area contributed by atoms with Crippen LogP contribution in [-0.4, -0.2) is 12.5 Å². The summed E-state index contributed by atoms with van der Waals surface area (Å²) in [6, 6.07) is 15.1. The van der Waals surface area contributed by atoms with Crippen LogP contribution in [0.5, 0.6) is 0 Å². The zero-order valence-corrected chi connectivity index (χ0v) is 12.4. The van der Waals surface area contributed by atoms with Gasteiger partial charge in [0.05, 0.1) is 11.3 Å². The Morgan fingerprint density at radius 2 is 1.90 bits per heavy atom. The van der Waals surface area contributed by atoms with Crippen molar-refractivity contribution in [1.29, 1.82) is 0 Å². The number of carbonyl (C=O) groups excluding carboxylic acids is 1. The maximum Gasteiger partial charge on any atom is 0.253 e. The highest BCUT2D eigenvalue weighted by molar-refractivity contribution is 6.31. The van der Waals surface area contributed by atoms with Crippen LogP contribution in [0.1, 0.15) is 22.3 Å². The van der Waals surface area contributed by atoms with Crippen molar-refractivity contribution in [2.45, 2.75) is 12.8 Å². The molecule has 0 radical (unpaired) electrons. The van der Waals surface area contributed by atoms with Gasteiger partial charge in [0.1, 0.15) is 0 Å². The summed E-state index contributed by atoms with van der Waals surface area (Å²) < 4.78 is 0. The predicted octanol–water partition coefficient (Wildman–Crippen LogP) is 2.99. The maximum absolute atomic E-state index is 12.1. The monoisotopic (exact) mass is 303 g/mol. The van der Waals surface area contributed by atoms with Crippen LogP contribution < -0.4 is 16.6 Å². The van der Waals surface area contributed by atoms with E-state index in [2.05, 4.69) is 22.9 Å². The predicted molar refractivity (Wildman–Crippen MR) is 86.4 cm³/mol. The lowest BCUT2D eigenvalue weighted by Crippen LogP contribution is -2.26. The van der Waals surface area contributed by atoms with Gasteiger partial charge in [0.2, 0.25) is 0 Å². The van der Waals surface area contributed by atoms with Crippen LogP contribution in [0.15, 0.2) is 48.5 Å². The van der Waals surface area contributed by atoms with Crippen LogP contribution in [0, 0.1) is 0 Å². The fourth-order valence-electron chi connectivity index (χ4n) is 2.06. The minimum Gasteiger partial charge on any atom is -0.352 e. The van der Waals surface area contributed by atoms with Crippen LogP contribution in [0.2, 0.25) is 5.02 Å². The van der Waals surface area contributed by atoms with Crippen molar-refractivity contribution in [2.24, 2.45) is 5.84 Å². The van der Waals surface area contributed by atoms with Crippen molar-refractivity contribution < 1.29 is 4.79 Å². The van der Waals surface area contributed by atoms with E-state index in [0.717, 1.165) is 12.8 Å². The van der Waals surface area contributed by atoms with Crippen molar-refractivity contribution in [3.63, 3.8) is 0 Å². The van der Waals surface area contributed by atoms with Crippen LogP contribution in [0.3, 0.4) is 0 Å². The molecule has 2 rings (SSSR count). The number of aryl methyl sites for hydroxylation is 1. The molecule has 0 atom stereocenters. The van der Waals surface area contributed by atoms with Gasteiger partial charge in [-0.3, -0.25) is 10.6 Å². The van der Waals surface area contributed by atoms with E-state index in [1.54, 1.807) is 18.2 Å². The number of carbonyl (C=O) groups is 1. The molecule has 4 nitrogen and oxygen atoms in total. The normalized spacial score (nSPS) is 10.2. The Morgan fingerprint density at radius 1 is 1.14 bits per heavy atom. The highest BCUT2D eigenvalue weighted by atomic mass is 35.5. The first-order valence-electron chi connectivity index (χ1n) is 6.79. The molecule has 0 aliphatic carbocycles. The minimum atomic E-state index is -0.182. The fourth-order valence-corrected chi connectivity index (χ4v) is 2.24. The molecule has 4 N–H and O–H groups in total.